The summed E-state index contributed by atoms with van der Waals surface area (Å²) in [5.74, 6) is 1.41. The third kappa shape index (κ3) is 3.23. The third-order valence-corrected chi connectivity index (χ3v) is 5.57. The Morgan fingerprint density at radius 3 is 2.65 bits per heavy atom. The molecule has 1 heterocycles. The minimum atomic E-state index is 0.0183. The van der Waals surface area contributed by atoms with E-state index in [0.29, 0.717) is 15.0 Å². The molecule has 23 heavy (non-hydrogen) atoms. The third-order valence-electron chi connectivity index (χ3n) is 4.24. The fourth-order valence-corrected chi connectivity index (χ4v) is 4.43. The van der Waals surface area contributed by atoms with Crippen LogP contribution in [0.1, 0.15) is 31.2 Å². The van der Waals surface area contributed by atoms with Crippen molar-refractivity contribution in [2.24, 2.45) is 0 Å². The van der Waals surface area contributed by atoms with Gasteiger partial charge in [-0.3, -0.25) is 9.69 Å². The van der Waals surface area contributed by atoms with Crippen LogP contribution >= 0.6 is 24.0 Å². The highest BCUT2D eigenvalue weighted by Gasteiger charge is 2.38. The smallest absolute Gasteiger partial charge is 0.266 e. The molecular formula is C17H19NO3S2. The Balaban J connectivity index is 1.88. The molecular weight excluding hydrogens is 330 g/mol. The van der Waals surface area contributed by atoms with Gasteiger partial charge in [0.15, 0.2) is 0 Å². The van der Waals surface area contributed by atoms with Crippen LogP contribution in [0.15, 0.2) is 23.1 Å². The minimum Gasteiger partial charge on any atom is -0.497 e. The molecule has 0 radical (unpaired) electrons. The van der Waals surface area contributed by atoms with E-state index in [1.54, 1.807) is 19.1 Å². The summed E-state index contributed by atoms with van der Waals surface area (Å²) < 4.78 is 11.3. The van der Waals surface area contributed by atoms with Crippen molar-refractivity contribution in [3.63, 3.8) is 0 Å². The molecule has 6 heteroatoms. The van der Waals surface area contributed by atoms with E-state index in [-0.39, 0.29) is 11.9 Å². The van der Waals surface area contributed by atoms with Gasteiger partial charge in [0.1, 0.15) is 15.8 Å². The highest BCUT2D eigenvalue weighted by Crippen LogP contribution is 2.39. The number of carbonyl (C=O) groups is 1. The summed E-state index contributed by atoms with van der Waals surface area (Å²) in [5, 5.41) is 0. The number of hydrogen-bond donors (Lipinski definition) is 0. The standard InChI is InChI=1S/C17H19NO3S2/c1-20-13-8-7-11(14(10-13)21-2)9-15-16(19)18(17(22)23-15)12-5-3-4-6-12/h7-10,12H,3-6H2,1-2H3/b15-9+. The Bertz CT molecular complexity index is 666. The van der Waals surface area contributed by atoms with Crippen LogP contribution in [0.25, 0.3) is 6.08 Å². The Labute approximate surface area is 145 Å². The first kappa shape index (κ1) is 16.3. The Kier molecular flexibility index (Phi) is 4.92. The van der Waals surface area contributed by atoms with Crippen molar-refractivity contribution in [1.82, 2.24) is 4.90 Å². The summed E-state index contributed by atoms with van der Waals surface area (Å²) in [4.78, 5) is 15.2. The van der Waals surface area contributed by atoms with E-state index in [1.165, 1.54) is 24.6 Å². The first-order valence-electron chi connectivity index (χ1n) is 7.63. The number of amides is 1. The Morgan fingerprint density at radius 1 is 1.26 bits per heavy atom. The molecule has 2 fully saturated rings. The Morgan fingerprint density at radius 2 is 2.00 bits per heavy atom. The van der Waals surface area contributed by atoms with E-state index in [9.17, 15) is 4.79 Å². The second-order valence-corrected chi connectivity index (χ2v) is 7.27. The average molecular weight is 349 g/mol. The number of thiocarbonyl (C=S) groups is 1. The topological polar surface area (TPSA) is 38.8 Å². The van der Waals surface area contributed by atoms with E-state index < -0.39 is 0 Å². The zero-order chi connectivity index (χ0) is 16.4. The first-order valence-corrected chi connectivity index (χ1v) is 8.85. The van der Waals surface area contributed by atoms with Gasteiger partial charge in [0.2, 0.25) is 0 Å². The van der Waals surface area contributed by atoms with Gasteiger partial charge in [-0.2, -0.15) is 0 Å². The van der Waals surface area contributed by atoms with Gasteiger partial charge < -0.3 is 9.47 Å². The molecule has 1 amide bonds. The van der Waals surface area contributed by atoms with Crippen molar-refractivity contribution in [2.45, 2.75) is 31.7 Å². The molecule has 1 saturated heterocycles. The molecule has 0 N–H and O–H groups in total. The summed E-state index contributed by atoms with van der Waals surface area (Å²) in [5.41, 5.74) is 0.847. The van der Waals surface area contributed by atoms with Crippen molar-refractivity contribution in [3.05, 3.63) is 28.7 Å². The number of carbonyl (C=O) groups excluding carboxylic acids is 1. The van der Waals surface area contributed by atoms with Crippen LogP contribution < -0.4 is 9.47 Å². The van der Waals surface area contributed by atoms with Crippen LogP contribution in [-0.2, 0) is 4.79 Å². The number of benzene rings is 1. The van der Waals surface area contributed by atoms with Crippen LogP contribution in [0.4, 0.5) is 0 Å². The molecule has 4 nitrogen and oxygen atoms in total. The molecule has 2 aliphatic rings. The lowest BCUT2D eigenvalue weighted by Gasteiger charge is -2.21. The number of methoxy groups -OCH3 is 2. The highest BCUT2D eigenvalue weighted by molar-refractivity contribution is 8.26. The van der Waals surface area contributed by atoms with Crippen molar-refractivity contribution in [2.75, 3.05) is 14.2 Å². The molecule has 0 spiro atoms. The number of hydrogen-bond acceptors (Lipinski definition) is 5. The van der Waals surface area contributed by atoms with E-state index in [0.717, 1.165) is 24.2 Å². The van der Waals surface area contributed by atoms with Crippen molar-refractivity contribution in [1.29, 1.82) is 0 Å². The normalized spacial score (nSPS) is 20.6. The van der Waals surface area contributed by atoms with Gasteiger partial charge >= 0.3 is 0 Å². The van der Waals surface area contributed by atoms with Crippen LogP contribution in [0.2, 0.25) is 0 Å². The van der Waals surface area contributed by atoms with Crippen LogP contribution in [0.5, 0.6) is 11.5 Å². The lowest BCUT2D eigenvalue weighted by Crippen LogP contribution is -2.36. The number of ether oxygens (including phenoxy) is 2. The average Bonchev–Trinajstić information content (AvgIpc) is 3.16. The predicted molar refractivity (Wildman–Crippen MR) is 96.8 cm³/mol. The molecule has 1 saturated carbocycles. The fourth-order valence-electron chi connectivity index (χ4n) is 3.04. The lowest BCUT2D eigenvalue weighted by molar-refractivity contribution is -0.123. The number of thioether (sulfide) groups is 1. The molecule has 1 aromatic rings. The minimum absolute atomic E-state index is 0.0183. The van der Waals surface area contributed by atoms with Gasteiger partial charge in [-0.05, 0) is 31.1 Å². The van der Waals surface area contributed by atoms with Gasteiger partial charge in [0.25, 0.3) is 5.91 Å². The van der Waals surface area contributed by atoms with Gasteiger partial charge in [-0.1, -0.05) is 36.8 Å². The molecule has 3 rings (SSSR count). The second kappa shape index (κ2) is 6.93. The van der Waals surface area contributed by atoms with Crippen molar-refractivity contribution < 1.29 is 14.3 Å². The quantitative estimate of drug-likeness (QED) is 0.610. The maximum atomic E-state index is 12.7. The molecule has 1 aromatic carbocycles. The highest BCUT2D eigenvalue weighted by atomic mass is 32.2. The molecule has 1 aliphatic heterocycles. The van der Waals surface area contributed by atoms with Crippen LogP contribution in [-0.4, -0.2) is 35.4 Å². The van der Waals surface area contributed by atoms with Crippen molar-refractivity contribution >= 4 is 40.3 Å². The molecule has 0 unspecified atom stereocenters. The fraction of sp³-hybridized carbons (Fsp3) is 0.412. The lowest BCUT2D eigenvalue weighted by atomic mass is 10.1. The second-order valence-electron chi connectivity index (χ2n) is 5.60. The monoisotopic (exact) mass is 349 g/mol. The van der Waals surface area contributed by atoms with E-state index >= 15 is 0 Å². The van der Waals surface area contributed by atoms with E-state index in [4.69, 9.17) is 21.7 Å². The van der Waals surface area contributed by atoms with Crippen LogP contribution in [0, 0.1) is 0 Å². The molecule has 0 bridgehead atoms. The molecule has 0 aromatic heterocycles. The summed E-state index contributed by atoms with van der Waals surface area (Å²) in [6.45, 7) is 0. The maximum absolute atomic E-state index is 12.7. The maximum Gasteiger partial charge on any atom is 0.266 e. The van der Waals surface area contributed by atoms with Gasteiger partial charge in [-0.15, -0.1) is 0 Å². The SMILES string of the molecule is COc1ccc(/C=C2/SC(=S)N(C3CCCC3)C2=O)c(OC)c1. The number of nitrogens with zero attached hydrogens (tertiary/aromatic N) is 1. The summed E-state index contributed by atoms with van der Waals surface area (Å²) in [7, 11) is 3.22. The zero-order valence-corrected chi connectivity index (χ0v) is 14.8. The first-order chi connectivity index (χ1) is 11.1. The van der Waals surface area contributed by atoms with Crippen molar-refractivity contribution in [3.8, 4) is 11.5 Å². The van der Waals surface area contributed by atoms with Crippen LogP contribution in [0.3, 0.4) is 0 Å². The summed E-state index contributed by atoms with van der Waals surface area (Å²) in [6.07, 6.45) is 6.30. The van der Waals surface area contributed by atoms with E-state index in [2.05, 4.69) is 0 Å². The van der Waals surface area contributed by atoms with Gasteiger partial charge in [0.05, 0.1) is 19.1 Å². The Hall–Kier alpha value is -1.53. The summed E-state index contributed by atoms with van der Waals surface area (Å²) >= 11 is 6.80. The van der Waals surface area contributed by atoms with E-state index in [1.807, 2.05) is 24.3 Å². The summed E-state index contributed by atoms with van der Waals surface area (Å²) in [6, 6.07) is 5.82. The number of rotatable bonds is 4. The molecule has 122 valence electrons. The van der Waals surface area contributed by atoms with Gasteiger partial charge in [-0.25, -0.2) is 0 Å². The predicted octanol–water partition coefficient (Wildman–Crippen LogP) is 3.85. The molecule has 0 atom stereocenters. The molecule has 1 aliphatic carbocycles. The van der Waals surface area contributed by atoms with Gasteiger partial charge in [0, 0.05) is 17.7 Å². The largest absolute Gasteiger partial charge is 0.497 e. The zero-order valence-electron chi connectivity index (χ0n) is 13.2.